The fraction of sp³-hybridized carbons (Fsp3) is 0.423. The number of benzene rings is 1. The summed E-state index contributed by atoms with van der Waals surface area (Å²) in [5.41, 5.74) is 0.749. The zero-order chi connectivity index (χ0) is 24.2. The zero-order valence-corrected chi connectivity index (χ0v) is 19.7. The molecule has 1 aliphatic rings. The monoisotopic (exact) mass is 467 g/mol. The van der Waals surface area contributed by atoms with Crippen molar-refractivity contribution < 1.29 is 27.9 Å². The van der Waals surface area contributed by atoms with Crippen molar-refractivity contribution in [1.82, 2.24) is 0 Å². The Bertz CT molecular complexity index is 1260. The molecule has 0 atom stereocenters. The van der Waals surface area contributed by atoms with Crippen LogP contribution >= 0.6 is 0 Å². The highest BCUT2D eigenvalue weighted by atomic mass is 16.5. The van der Waals surface area contributed by atoms with Gasteiger partial charge in [-0.15, -0.1) is 0 Å². The number of carbonyl (C=O) groups is 2. The molecule has 34 heavy (non-hydrogen) atoms. The van der Waals surface area contributed by atoms with E-state index in [-0.39, 0.29) is 53.0 Å². The van der Waals surface area contributed by atoms with Crippen molar-refractivity contribution in [2.45, 2.75) is 58.9 Å². The maximum Gasteiger partial charge on any atom is 0.344 e. The molecular formula is C26H29NO7. The maximum atomic E-state index is 13.4. The van der Waals surface area contributed by atoms with E-state index in [1.54, 1.807) is 26.0 Å². The lowest BCUT2D eigenvalue weighted by Crippen LogP contribution is -2.23. The molecule has 1 aliphatic carbocycles. The first kappa shape index (κ1) is 23.6. The third-order valence-electron chi connectivity index (χ3n) is 5.98. The van der Waals surface area contributed by atoms with E-state index in [0.717, 1.165) is 37.7 Å². The minimum atomic E-state index is -0.773. The van der Waals surface area contributed by atoms with Crippen LogP contribution in [0.2, 0.25) is 0 Å². The van der Waals surface area contributed by atoms with Crippen LogP contribution in [0.3, 0.4) is 0 Å². The number of furan rings is 1. The SMILES string of the molecule is CCOC(=O)c1c(NC2CCCCC2)oc(-c2coc3ccc(C)cc3c2=O)c1C(=O)OCC. The standard InChI is InChI=1S/C26H29NO7/c1-4-31-25(29)20-21(26(30)32-5-2)24(27-16-9-7-6-8-10-16)34-23(20)18-14-33-19-12-11-15(3)13-17(19)22(18)28/h11-14,16,27H,4-10H2,1-3H3. The summed E-state index contributed by atoms with van der Waals surface area (Å²) < 4.78 is 22.2. The number of anilines is 1. The predicted octanol–water partition coefficient (Wildman–Crippen LogP) is 5.46. The molecule has 0 amide bonds. The Morgan fingerprint density at radius 1 is 1.03 bits per heavy atom. The van der Waals surface area contributed by atoms with Crippen molar-refractivity contribution >= 4 is 28.8 Å². The topological polar surface area (TPSA) is 108 Å². The number of hydrogen-bond donors (Lipinski definition) is 1. The average molecular weight is 468 g/mol. The first-order chi connectivity index (χ1) is 16.4. The Balaban J connectivity index is 1.94. The summed E-state index contributed by atoms with van der Waals surface area (Å²) in [4.78, 5) is 39.5. The first-order valence-electron chi connectivity index (χ1n) is 11.7. The van der Waals surface area contributed by atoms with Gasteiger partial charge in [-0.1, -0.05) is 30.9 Å². The van der Waals surface area contributed by atoms with E-state index in [1.165, 1.54) is 6.26 Å². The Labute approximate surface area is 197 Å². The van der Waals surface area contributed by atoms with Crippen LogP contribution in [0.1, 0.15) is 72.2 Å². The van der Waals surface area contributed by atoms with Crippen molar-refractivity contribution in [2.75, 3.05) is 18.5 Å². The van der Waals surface area contributed by atoms with Gasteiger partial charge in [0.05, 0.1) is 18.6 Å². The summed E-state index contributed by atoms with van der Waals surface area (Å²) in [7, 11) is 0. The largest absolute Gasteiger partial charge is 0.463 e. The summed E-state index contributed by atoms with van der Waals surface area (Å²) in [6.45, 7) is 5.41. The van der Waals surface area contributed by atoms with Crippen molar-refractivity contribution in [3.8, 4) is 11.3 Å². The lowest BCUT2D eigenvalue weighted by molar-refractivity contribution is 0.0481. The molecular weight excluding hydrogens is 438 g/mol. The van der Waals surface area contributed by atoms with Crippen LogP contribution in [0.15, 0.2) is 38.1 Å². The van der Waals surface area contributed by atoms with Gasteiger partial charge in [-0.2, -0.15) is 0 Å². The molecule has 2 heterocycles. The highest BCUT2D eigenvalue weighted by Gasteiger charge is 2.35. The van der Waals surface area contributed by atoms with Crippen LogP contribution in [0.5, 0.6) is 0 Å². The second-order valence-electron chi connectivity index (χ2n) is 8.41. The van der Waals surface area contributed by atoms with Gasteiger partial charge in [0.2, 0.25) is 11.3 Å². The lowest BCUT2D eigenvalue weighted by Gasteiger charge is -2.22. The smallest absolute Gasteiger partial charge is 0.344 e. The molecule has 180 valence electrons. The van der Waals surface area contributed by atoms with E-state index in [0.29, 0.717) is 11.0 Å². The quantitative estimate of drug-likeness (QED) is 0.457. The van der Waals surface area contributed by atoms with Crippen molar-refractivity contribution in [1.29, 1.82) is 0 Å². The van der Waals surface area contributed by atoms with Crippen LogP contribution in [0, 0.1) is 6.92 Å². The lowest BCUT2D eigenvalue weighted by atomic mass is 9.95. The van der Waals surface area contributed by atoms with E-state index in [2.05, 4.69) is 5.32 Å². The molecule has 1 fully saturated rings. The van der Waals surface area contributed by atoms with Crippen LogP contribution in [0.4, 0.5) is 5.88 Å². The average Bonchev–Trinajstić information content (AvgIpc) is 3.19. The molecule has 8 nitrogen and oxygen atoms in total. The minimum Gasteiger partial charge on any atom is -0.463 e. The fourth-order valence-electron chi connectivity index (χ4n) is 4.35. The second kappa shape index (κ2) is 10.2. The molecule has 8 heteroatoms. The molecule has 0 aliphatic heterocycles. The van der Waals surface area contributed by atoms with Crippen molar-refractivity contribution in [3.63, 3.8) is 0 Å². The number of aryl methyl sites for hydroxylation is 1. The van der Waals surface area contributed by atoms with E-state index in [4.69, 9.17) is 18.3 Å². The number of carbonyl (C=O) groups excluding carboxylic acids is 2. The van der Waals surface area contributed by atoms with Gasteiger partial charge in [0.15, 0.2) is 5.76 Å². The molecule has 0 radical (unpaired) electrons. The van der Waals surface area contributed by atoms with Gasteiger partial charge in [-0.05, 0) is 45.7 Å². The van der Waals surface area contributed by atoms with E-state index in [1.807, 2.05) is 13.0 Å². The van der Waals surface area contributed by atoms with Gasteiger partial charge >= 0.3 is 11.9 Å². The number of nitrogens with one attached hydrogen (secondary N) is 1. The van der Waals surface area contributed by atoms with Crippen molar-refractivity contribution in [2.24, 2.45) is 0 Å². The van der Waals surface area contributed by atoms with Gasteiger partial charge in [0.25, 0.3) is 0 Å². The summed E-state index contributed by atoms with van der Waals surface area (Å²) in [5.74, 6) is -1.46. The van der Waals surface area contributed by atoms with Gasteiger partial charge in [0, 0.05) is 6.04 Å². The van der Waals surface area contributed by atoms with Gasteiger partial charge in [-0.25, -0.2) is 9.59 Å². The number of esters is 2. The number of fused-ring (bicyclic) bond motifs is 1. The molecule has 0 unspecified atom stereocenters. The molecule has 0 bridgehead atoms. The highest BCUT2D eigenvalue weighted by molar-refractivity contribution is 6.10. The summed E-state index contributed by atoms with van der Waals surface area (Å²) in [5, 5.41) is 3.62. The maximum absolute atomic E-state index is 13.4. The first-order valence-corrected chi connectivity index (χ1v) is 11.7. The fourth-order valence-corrected chi connectivity index (χ4v) is 4.35. The van der Waals surface area contributed by atoms with Crippen LogP contribution in [0.25, 0.3) is 22.3 Å². The number of ether oxygens (including phenoxy) is 2. The predicted molar refractivity (Wildman–Crippen MR) is 127 cm³/mol. The minimum absolute atomic E-state index is 0.0309. The van der Waals surface area contributed by atoms with Crippen LogP contribution < -0.4 is 10.7 Å². The Morgan fingerprint density at radius 3 is 2.38 bits per heavy atom. The molecule has 1 aromatic carbocycles. The van der Waals surface area contributed by atoms with Crippen LogP contribution in [-0.4, -0.2) is 31.2 Å². The van der Waals surface area contributed by atoms with Gasteiger partial charge < -0.3 is 23.6 Å². The molecule has 2 aromatic heterocycles. The molecule has 1 N–H and O–H groups in total. The number of hydrogen-bond acceptors (Lipinski definition) is 8. The highest BCUT2D eigenvalue weighted by Crippen LogP contribution is 2.37. The zero-order valence-electron chi connectivity index (χ0n) is 19.7. The van der Waals surface area contributed by atoms with Gasteiger partial charge in [-0.3, -0.25) is 4.79 Å². The summed E-state index contributed by atoms with van der Waals surface area (Å²) >= 11 is 0. The summed E-state index contributed by atoms with van der Waals surface area (Å²) in [6, 6.07) is 5.34. The third-order valence-corrected chi connectivity index (χ3v) is 5.98. The Hall–Kier alpha value is -3.55. The number of rotatable bonds is 7. The Kier molecular flexibility index (Phi) is 7.05. The Morgan fingerprint density at radius 2 is 1.71 bits per heavy atom. The molecule has 0 saturated heterocycles. The van der Waals surface area contributed by atoms with E-state index < -0.39 is 11.9 Å². The van der Waals surface area contributed by atoms with E-state index in [9.17, 15) is 14.4 Å². The second-order valence-corrected chi connectivity index (χ2v) is 8.41. The third kappa shape index (κ3) is 4.58. The van der Waals surface area contributed by atoms with Crippen molar-refractivity contribution in [3.05, 3.63) is 51.4 Å². The van der Waals surface area contributed by atoms with Gasteiger partial charge in [0.1, 0.15) is 28.5 Å². The van der Waals surface area contributed by atoms with E-state index >= 15 is 0 Å². The summed E-state index contributed by atoms with van der Waals surface area (Å²) in [6.07, 6.45) is 6.32. The molecule has 0 spiro atoms. The molecule has 4 rings (SSSR count). The normalized spacial score (nSPS) is 14.2. The van der Waals surface area contributed by atoms with Crippen LogP contribution in [-0.2, 0) is 9.47 Å². The molecule has 3 aromatic rings. The molecule has 1 saturated carbocycles.